The number of imidazole rings is 1. The summed E-state index contributed by atoms with van der Waals surface area (Å²) in [5.74, 6) is -9.82. The van der Waals surface area contributed by atoms with Crippen molar-refractivity contribution in [3.63, 3.8) is 0 Å². The number of nitrogens with two attached hydrogens (primary N) is 3. The Balaban J connectivity index is 3.29. The summed E-state index contributed by atoms with van der Waals surface area (Å²) in [5, 5.41) is 32.5. The summed E-state index contributed by atoms with van der Waals surface area (Å²) in [7, 11) is 1.11. The molecule has 0 saturated carbocycles. The van der Waals surface area contributed by atoms with Crippen LogP contribution in [-0.4, -0.2) is 136 Å². The Hall–Kier alpha value is -6.33. The van der Waals surface area contributed by atoms with Gasteiger partial charge in [0.15, 0.2) is 5.96 Å². The summed E-state index contributed by atoms with van der Waals surface area (Å²) >= 11 is 0. The summed E-state index contributed by atoms with van der Waals surface area (Å²) in [5.41, 5.74) is 16.3. The number of carbonyl (C=O) groups is 9. The summed E-state index contributed by atoms with van der Waals surface area (Å²) in [6.45, 7) is 2.25. The van der Waals surface area contributed by atoms with Gasteiger partial charge in [-0.3, -0.25) is 43.3 Å². The summed E-state index contributed by atoms with van der Waals surface area (Å²) in [6.07, 6.45) is 0.765. The number of aromatic nitrogens is 2. The number of carboxylic acid groups (broad SMARTS) is 2. The van der Waals surface area contributed by atoms with Gasteiger partial charge in [0.05, 0.1) is 39.4 Å². The van der Waals surface area contributed by atoms with Crippen LogP contribution in [0, 0.1) is 5.92 Å². The molecule has 24 nitrogen and oxygen atoms in total. The first-order valence-corrected chi connectivity index (χ1v) is 16.9. The quantitative estimate of drug-likeness (QED) is 0.0191. The van der Waals surface area contributed by atoms with Crippen molar-refractivity contribution in [2.24, 2.45) is 28.1 Å². The Labute approximate surface area is 314 Å². The molecule has 1 rings (SSSR count). The van der Waals surface area contributed by atoms with E-state index >= 15 is 0 Å². The number of guanidine groups is 1. The number of aliphatic carboxylic acids is 2. The van der Waals surface area contributed by atoms with E-state index in [-0.39, 0.29) is 44.1 Å². The highest BCUT2D eigenvalue weighted by atomic mass is 16.5. The predicted molar refractivity (Wildman–Crippen MR) is 190 cm³/mol. The molecular formula is C31H50N12O12. The molecule has 6 amide bonds. The van der Waals surface area contributed by atoms with Gasteiger partial charge in [-0.25, -0.2) is 9.78 Å². The van der Waals surface area contributed by atoms with Gasteiger partial charge < -0.3 is 69.0 Å². The van der Waals surface area contributed by atoms with E-state index < -0.39 is 109 Å². The Morgan fingerprint density at radius 1 is 0.800 bits per heavy atom. The molecule has 0 aliphatic rings. The summed E-state index contributed by atoms with van der Waals surface area (Å²) < 4.78 is 4.74. The fourth-order valence-corrected chi connectivity index (χ4v) is 4.80. The van der Waals surface area contributed by atoms with Crippen molar-refractivity contribution in [2.75, 3.05) is 26.7 Å². The average Bonchev–Trinajstić information content (AvgIpc) is 3.62. The van der Waals surface area contributed by atoms with Gasteiger partial charge in [0.1, 0.15) is 30.2 Å². The fourth-order valence-electron chi connectivity index (χ4n) is 4.80. The number of nitrogens with one attached hydrogen (secondary N) is 7. The number of hydrogen-bond acceptors (Lipinski definition) is 13. The fraction of sp³-hybridized carbons (Fsp3) is 0.581. The molecule has 306 valence electrons. The van der Waals surface area contributed by atoms with Crippen molar-refractivity contribution in [3.8, 4) is 0 Å². The molecule has 0 aliphatic heterocycles. The Bertz CT molecular complexity index is 1530. The van der Waals surface area contributed by atoms with Crippen LogP contribution in [0.25, 0.3) is 0 Å². The maximum absolute atomic E-state index is 13.7. The van der Waals surface area contributed by atoms with E-state index in [9.17, 15) is 48.3 Å². The van der Waals surface area contributed by atoms with E-state index in [1.165, 1.54) is 12.5 Å². The molecule has 1 aromatic heterocycles. The smallest absolute Gasteiger partial charge is 0.328 e. The molecule has 0 bridgehead atoms. The van der Waals surface area contributed by atoms with Gasteiger partial charge in [0.25, 0.3) is 0 Å². The first-order valence-electron chi connectivity index (χ1n) is 16.9. The molecule has 0 aromatic carbocycles. The van der Waals surface area contributed by atoms with Crippen LogP contribution < -0.4 is 49.1 Å². The first-order chi connectivity index (χ1) is 25.9. The Morgan fingerprint density at radius 3 is 1.87 bits per heavy atom. The van der Waals surface area contributed by atoms with E-state index in [0.29, 0.717) is 5.69 Å². The minimum Gasteiger partial charge on any atom is -0.481 e. The van der Waals surface area contributed by atoms with Gasteiger partial charge in [-0.2, -0.15) is 0 Å². The molecule has 0 radical (unpaired) electrons. The lowest BCUT2D eigenvalue weighted by Gasteiger charge is -2.26. The van der Waals surface area contributed by atoms with Crippen molar-refractivity contribution in [3.05, 3.63) is 18.2 Å². The zero-order valence-electron chi connectivity index (χ0n) is 30.6. The summed E-state index contributed by atoms with van der Waals surface area (Å²) in [6, 6.07) is -7.37. The molecule has 55 heavy (non-hydrogen) atoms. The molecule has 5 atom stereocenters. The maximum Gasteiger partial charge on any atom is 0.328 e. The van der Waals surface area contributed by atoms with E-state index in [1.54, 1.807) is 13.8 Å². The van der Waals surface area contributed by atoms with Crippen LogP contribution in [0.1, 0.15) is 51.6 Å². The maximum atomic E-state index is 13.7. The van der Waals surface area contributed by atoms with Crippen LogP contribution in [0.3, 0.4) is 0 Å². The minimum atomic E-state index is -1.72. The minimum absolute atomic E-state index is 0.0177. The molecule has 24 heteroatoms. The van der Waals surface area contributed by atoms with Crippen molar-refractivity contribution in [1.29, 1.82) is 0 Å². The first kappa shape index (κ1) is 46.7. The lowest BCUT2D eigenvalue weighted by molar-refractivity contribution is -0.146. The number of nitrogens with zero attached hydrogens (tertiary/aromatic N) is 2. The van der Waals surface area contributed by atoms with Crippen LogP contribution in [0.4, 0.5) is 0 Å². The lowest BCUT2D eigenvalue weighted by atomic mass is 10.0. The zero-order valence-corrected chi connectivity index (χ0v) is 30.6. The molecule has 1 heterocycles. The summed E-state index contributed by atoms with van der Waals surface area (Å²) in [4.78, 5) is 123. The SMILES string of the molecule is COC(=O)C(CC(C)C)NC(=O)C(CC(=O)O)NC(=O)C(Cc1cnc[nH]1)NC(=O)C(CCCN=C(N)N)NC(=O)CNC(=O)C(CC(=O)O)NC(=O)CN. The highest BCUT2D eigenvalue weighted by Crippen LogP contribution is 2.09. The molecule has 15 N–H and O–H groups in total. The molecule has 0 fully saturated rings. The standard InChI is InChI=1S/C31H50N12O12/c1-15(2)7-21(30(54)55-3)43-29(53)20(10-25(48)49)42-28(52)18(8-16-12-35-14-38-16)41-27(51)17(5-4-6-36-31(33)34)39-23(45)13-37-26(50)19(9-24(46)47)40-22(44)11-32/h12,14-15,17-21H,4-11,13,32H2,1-3H3,(H,35,38)(H,37,50)(H,39,45)(H,40,44)(H,41,51)(H,42,52)(H,43,53)(H,46,47)(H,48,49)(H4,33,34,36). The normalized spacial score (nSPS) is 13.4. The number of carbonyl (C=O) groups excluding carboxylic acids is 7. The monoisotopic (exact) mass is 782 g/mol. The molecule has 0 saturated heterocycles. The van der Waals surface area contributed by atoms with Gasteiger partial charge in [0.2, 0.25) is 35.4 Å². The van der Waals surface area contributed by atoms with Crippen LogP contribution in [0.5, 0.6) is 0 Å². The van der Waals surface area contributed by atoms with E-state index in [1.807, 2.05) is 0 Å². The van der Waals surface area contributed by atoms with Gasteiger partial charge >= 0.3 is 17.9 Å². The Morgan fingerprint density at radius 2 is 1.35 bits per heavy atom. The number of amides is 6. The molecule has 1 aromatic rings. The van der Waals surface area contributed by atoms with Crippen LogP contribution in [0.2, 0.25) is 0 Å². The Kier molecular flexibility index (Phi) is 20.4. The largest absolute Gasteiger partial charge is 0.481 e. The number of methoxy groups -OCH3 is 1. The lowest BCUT2D eigenvalue weighted by Crippen LogP contribution is -2.59. The van der Waals surface area contributed by atoms with E-state index in [0.717, 1.165) is 7.11 Å². The van der Waals surface area contributed by atoms with E-state index in [4.69, 9.17) is 27.0 Å². The third-order valence-electron chi connectivity index (χ3n) is 7.37. The number of aromatic amines is 1. The van der Waals surface area contributed by atoms with Crippen molar-refractivity contribution in [1.82, 2.24) is 41.9 Å². The highest BCUT2D eigenvalue weighted by Gasteiger charge is 2.33. The van der Waals surface area contributed by atoms with Gasteiger partial charge in [-0.15, -0.1) is 0 Å². The number of H-pyrrole nitrogens is 1. The van der Waals surface area contributed by atoms with Crippen LogP contribution in [-0.2, 0) is 54.3 Å². The topological polar surface area (TPSA) is 395 Å². The number of rotatable bonds is 25. The molecular weight excluding hydrogens is 732 g/mol. The second-order valence-electron chi connectivity index (χ2n) is 12.4. The van der Waals surface area contributed by atoms with Crippen molar-refractivity contribution < 1.29 is 58.1 Å². The number of hydrogen-bond donors (Lipinski definition) is 12. The number of aliphatic imine (C=N–C) groups is 1. The molecule has 5 unspecified atom stereocenters. The second kappa shape index (κ2) is 24.1. The second-order valence-corrected chi connectivity index (χ2v) is 12.4. The highest BCUT2D eigenvalue weighted by molar-refractivity contribution is 5.97. The zero-order chi connectivity index (χ0) is 41.7. The van der Waals surface area contributed by atoms with Crippen molar-refractivity contribution in [2.45, 2.75) is 82.6 Å². The molecule has 0 spiro atoms. The third kappa shape index (κ3) is 18.8. The van der Waals surface area contributed by atoms with Crippen LogP contribution in [0.15, 0.2) is 17.5 Å². The average molecular weight is 783 g/mol. The van der Waals surface area contributed by atoms with E-state index in [2.05, 4.69) is 46.9 Å². The predicted octanol–water partition coefficient (Wildman–Crippen LogP) is -5.33. The van der Waals surface area contributed by atoms with Gasteiger partial charge in [0, 0.05) is 24.9 Å². The number of esters is 1. The third-order valence-corrected chi connectivity index (χ3v) is 7.37. The van der Waals surface area contributed by atoms with Crippen molar-refractivity contribution >= 4 is 59.3 Å². The van der Waals surface area contributed by atoms with Gasteiger partial charge in [-0.05, 0) is 25.2 Å². The number of carboxylic acids is 2. The van der Waals surface area contributed by atoms with Crippen LogP contribution >= 0.6 is 0 Å². The molecule has 0 aliphatic carbocycles. The van der Waals surface area contributed by atoms with Gasteiger partial charge in [-0.1, -0.05) is 13.8 Å². The number of ether oxygens (including phenoxy) is 1.